The summed E-state index contributed by atoms with van der Waals surface area (Å²) in [5.74, 6) is -0.291. The SMILES string of the molecule is CC(C)(C)[S@@+]([O-])NC1c2ncc(F)cc2CC12CCNCC2. The fraction of sp³-hybridized carbons (Fsp3) is 0.688. The summed E-state index contributed by atoms with van der Waals surface area (Å²) in [5.41, 5.74) is 1.83. The number of rotatable bonds is 2. The third kappa shape index (κ3) is 2.89. The van der Waals surface area contributed by atoms with Gasteiger partial charge in [-0.1, -0.05) is 0 Å². The topological polar surface area (TPSA) is 60.0 Å². The molecule has 0 saturated carbocycles. The highest BCUT2D eigenvalue weighted by atomic mass is 32.2. The third-order valence-electron chi connectivity index (χ3n) is 4.78. The van der Waals surface area contributed by atoms with Gasteiger partial charge >= 0.3 is 0 Å². The Morgan fingerprint density at radius 1 is 1.41 bits per heavy atom. The molecule has 0 radical (unpaired) electrons. The third-order valence-corrected chi connectivity index (χ3v) is 6.34. The van der Waals surface area contributed by atoms with Crippen LogP contribution >= 0.6 is 0 Å². The lowest BCUT2D eigenvalue weighted by atomic mass is 9.74. The van der Waals surface area contributed by atoms with Gasteiger partial charge in [0.1, 0.15) is 16.6 Å². The second-order valence-electron chi connectivity index (χ2n) is 7.42. The van der Waals surface area contributed by atoms with Crippen LogP contribution in [0.3, 0.4) is 0 Å². The van der Waals surface area contributed by atoms with Crippen LogP contribution in [-0.4, -0.2) is 27.4 Å². The monoisotopic (exact) mass is 325 g/mol. The molecule has 0 aromatic carbocycles. The van der Waals surface area contributed by atoms with Crippen LogP contribution in [-0.2, 0) is 17.8 Å². The number of nitrogens with one attached hydrogen (secondary N) is 2. The second kappa shape index (κ2) is 5.74. The second-order valence-corrected chi connectivity index (χ2v) is 9.42. The van der Waals surface area contributed by atoms with Gasteiger partial charge in [-0.05, 0) is 64.8 Å². The average Bonchev–Trinajstić information content (AvgIpc) is 2.71. The predicted molar refractivity (Wildman–Crippen MR) is 86.2 cm³/mol. The van der Waals surface area contributed by atoms with Gasteiger partial charge in [-0.15, -0.1) is 4.72 Å². The maximum atomic E-state index is 13.5. The van der Waals surface area contributed by atoms with E-state index < -0.39 is 11.4 Å². The van der Waals surface area contributed by atoms with Crippen molar-refractivity contribution in [2.45, 2.75) is 50.8 Å². The lowest BCUT2D eigenvalue weighted by molar-refractivity contribution is 0.162. The van der Waals surface area contributed by atoms with Crippen LogP contribution in [0.2, 0.25) is 0 Å². The molecule has 1 spiro atoms. The minimum absolute atomic E-state index is 0.00468. The summed E-state index contributed by atoms with van der Waals surface area (Å²) in [6.45, 7) is 7.76. The Hall–Kier alpha value is -0.690. The molecule has 122 valence electrons. The van der Waals surface area contributed by atoms with Crippen LogP contribution < -0.4 is 10.0 Å². The van der Waals surface area contributed by atoms with Gasteiger partial charge in [0.2, 0.25) is 0 Å². The van der Waals surface area contributed by atoms with Gasteiger partial charge in [0.25, 0.3) is 0 Å². The molecule has 2 aliphatic rings. The number of halogens is 1. The summed E-state index contributed by atoms with van der Waals surface area (Å²) in [4.78, 5) is 4.33. The zero-order valence-corrected chi connectivity index (χ0v) is 14.2. The van der Waals surface area contributed by atoms with Crippen LogP contribution in [0.15, 0.2) is 12.3 Å². The molecule has 1 unspecified atom stereocenters. The van der Waals surface area contributed by atoms with Crippen LogP contribution in [0.5, 0.6) is 0 Å². The lowest BCUT2D eigenvalue weighted by Crippen LogP contribution is -2.49. The maximum absolute atomic E-state index is 13.5. The fourth-order valence-electron chi connectivity index (χ4n) is 3.52. The van der Waals surface area contributed by atoms with Gasteiger partial charge in [-0.3, -0.25) is 4.98 Å². The van der Waals surface area contributed by atoms with Gasteiger partial charge < -0.3 is 9.87 Å². The van der Waals surface area contributed by atoms with E-state index in [2.05, 4.69) is 15.0 Å². The quantitative estimate of drug-likeness (QED) is 0.819. The van der Waals surface area contributed by atoms with Crippen LogP contribution in [0.25, 0.3) is 0 Å². The lowest BCUT2D eigenvalue weighted by Gasteiger charge is -2.40. The van der Waals surface area contributed by atoms with Crippen molar-refractivity contribution in [2.24, 2.45) is 5.41 Å². The Balaban J connectivity index is 1.94. The number of nitrogens with zero attached hydrogens (tertiary/aromatic N) is 1. The molecule has 2 heterocycles. The van der Waals surface area contributed by atoms with E-state index in [0.29, 0.717) is 0 Å². The Morgan fingerprint density at radius 2 is 2.09 bits per heavy atom. The predicted octanol–water partition coefficient (Wildman–Crippen LogP) is 2.24. The Kier molecular flexibility index (Phi) is 4.22. The smallest absolute Gasteiger partial charge is 0.141 e. The Labute approximate surface area is 134 Å². The van der Waals surface area contributed by atoms with Crippen molar-refractivity contribution < 1.29 is 8.94 Å². The number of piperidine rings is 1. The summed E-state index contributed by atoms with van der Waals surface area (Å²) < 4.78 is 29.1. The first-order valence-electron chi connectivity index (χ1n) is 7.85. The fourth-order valence-corrected chi connectivity index (χ4v) is 4.45. The Morgan fingerprint density at radius 3 is 2.73 bits per heavy atom. The average molecular weight is 325 g/mol. The number of fused-ring (bicyclic) bond motifs is 1. The van der Waals surface area contributed by atoms with Crippen molar-refractivity contribution >= 4 is 11.4 Å². The van der Waals surface area contributed by atoms with E-state index in [1.165, 1.54) is 6.20 Å². The zero-order valence-electron chi connectivity index (χ0n) is 13.4. The van der Waals surface area contributed by atoms with Crippen LogP contribution in [0.1, 0.15) is 50.9 Å². The Bertz CT molecular complexity index is 555. The van der Waals surface area contributed by atoms with E-state index in [1.807, 2.05) is 20.8 Å². The molecular formula is C16H24FN3OS. The normalized spacial score (nSPS) is 25.2. The molecule has 1 fully saturated rings. The van der Waals surface area contributed by atoms with Gasteiger partial charge in [-0.25, -0.2) is 4.39 Å². The molecule has 1 aliphatic heterocycles. The molecule has 3 rings (SSSR count). The van der Waals surface area contributed by atoms with E-state index >= 15 is 0 Å². The number of aromatic nitrogens is 1. The molecule has 1 aromatic heterocycles. The van der Waals surface area contributed by atoms with Crippen molar-refractivity contribution in [1.82, 2.24) is 15.0 Å². The molecule has 4 nitrogen and oxygen atoms in total. The van der Waals surface area contributed by atoms with Crippen LogP contribution in [0.4, 0.5) is 4.39 Å². The minimum atomic E-state index is -1.17. The van der Waals surface area contributed by atoms with Crippen molar-refractivity contribution in [1.29, 1.82) is 0 Å². The molecule has 1 saturated heterocycles. The standard InChI is InChI=1S/C16H24FN3OS/c1-15(2,3)22(21)20-14-13-11(8-12(17)10-19-13)9-16(14)4-6-18-7-5-16/h8,10,14,18,20H,4-7,9H2,1-3H3/t14?,22-/m1/s1. The van der Waals surface area contributed by atoms with Crippen molar-refractivity contribution in [3.05, 3.63) is 29.3 Å². The van der Waals surface area contributed by atoms with E-state index in [9.17, 15) is 8.94 Å². The van der Waals surface area contributed by atoms with Crippen molar-refractivity contribution in [2.75, 3.05) is 13.1 Å². The highest BCUT2D eigenvalue weighted by Gasteiger charge is 2.50. The molecule has 2 N–H and O–H groups in total. The van der Waals surface area contributed by atoms with E-state index in [-0.39, 0.29) is 22.0 Å². The van der Waals surface area contributed by atoms with Gasteiger partial charge in [-0.2, -0.15) is 0 Å². The largest absolute Gasteiger partial charge is 0.598 e. The summed E-state index contributed by atoms with van der Waals surface area (Å²) in [5, 5.41) is 3.38. The number of hydrogen-bond acceptors (Lipinski definition) is 4. The first-order chi connectivity index (χ1) is 10.3. The van der Waals surface area contributed by atoms with Crippen molar-refractivity contribution in [3.8, 4) is 0 Å². The van der Waals surface area contributed by atoms with E-state index in [0.717, 1.165) is 43.6 Å². The summed E-state index contributed by atoms with van der Waals surface area (Å²) in [7, 11) is 0. The molecule has 1 aromatic rings. The highest BCUT2D eigenvalue weighted by molar-refractivity contribution is 7.90. The molecule has 6 heteroatoms. The highest BCUT2D eigenvalue weighted by Crippen LogP contribution is 2.51. The first-order valence-corrected chi connectivity index (χ1v) is 9.00. The molecule has 1 aliphatic carbocycles. The zero-order chi connectivity index (χ0) is 16.0. The minimum Gasteiger partial charge on any atom is -0.598 e. The van der Waals surface area contributed by atoms with Gasteiger partial charge in [0, 0.05) is 16.8 Å². The van der Waals surface area contributed by atoms with E-state index in [4.69, 9.17) is 0 Å². The number of hydrogen-bond donors (Lipinski definition) is 2. The first kappa shape index (κ1) is 16.2. The summed E-state index contributed by atoms with van der Waals surface area (Å²) >= 11 is -1.17. The maximum Gasteiger partial charge on any atom is 0.141 e. The van der Waals surface area contributed by atoms with Gasteiger partial charge in [0.05, 0.1) is 11.9 Å². The summed E-state index contributed by atoms with van der Waals surface area (Å²) in [6, 6.07) is 1.53. The van der Waals surface area contributed by atoms with Crippen molar-refractivity contribution in [3.63, 3.8) is 0 Å². The molecular weight excluding hydrogens is 301 g/mol. The molecule has 22 heavy (non-hydrogen) atoms. The van der Waals surface area contributed by atoms with E-state index in [1.54, 1.807) is 6.07 Å². The molecule has 0 amide bonds. The summed E-state index contributed by atoms with van der Waals surface area (Å²) in [6.07, 6.45) is 4.06. The van der Waals surface area contributed by atoms with Gasteiger partial charge in [0.15, 0.2) is 0 Å². The number of pyridine rings is 1. The molecule has 2 atom stereocenters. The molecule has 0 bridgehead atoms. The van der Waals surface area contributed by atoms with Crippen LogP contribution in [0, 0.1) is 11.2 Å².